The zero-order valence-corrected chi connectivity index (χ0v) is 19.0. The number of para-hydroxylation sites is 1. The quantitative estimate of drug-likeness (QED) is 0.541. The van der Waals surface area contributed by atoms with Gasteiger partial charge in [-0.1, -0.05) is 12.1 Å². The Kier molecular flexibility index (Phi) is 8.01. The lowest BCUT2D eigenvalue weighted by Crippen LogP contribution is -2.31. The number of amides is 2. The van der Waals surface area contributed by atoms with E-state index in [0.29, 0.717) is 16.9 Å². The zero-order chi connectivity index (χ0) is 23.2. The van der Waals surface area contributed by atoms with Crippen molar-refractivity contribution in [2.75, 3.05) is 38.4 Å². The summed E-state index contributed by atoms with van der Waals surface area (Å²) in [6.07, 6.45) is 0. The molecule has 3 N–H and O–H groups in total. The fraction of sp³-hybridized carbons (Fsp3) is 0.333. The average molecular weight is 449 g/mol. The molecule has 2 aromatic carbocycles. The molecule has 0 aliphatic carbocycles. The number of rotatable bonds is 9. The second kappa shape index (κ2) is 10.3. The van der Waals surface area contributed by atoms with Gasteiger partial charge in [-0.2, -0.15) is 0 Å². The highest BCUT2D eigenvalue weighted by Gasteiger charge is 2.23. The minimum Gasteiger partial charge on any atom is -0.495 e. The summed E-state index contributed by atoms with van der Waals surface area (Å²) >= 11 is 0. The number of carbonyl (C=O) groups excluding carboxylic acids is 2. The van der Waals surface area contributed by atoms with Crippen molar-refractivity contribution < 1.29 is 22.7 Å². The van der Waals surface area contributed by atoms with Gasteiger partial charge in [0.05, 0.1) is 19.2 Å². The largest absolute Gasteiger partial charge is 0.495 e. The van der Waals surface area contributed by atoms with Gasteiger partial charge in [0.25, 0.3) is 5.91 Å². The van der Waals surface area contributed by atoms with Gasteiger partial charge in [-0.05, 0) is 44.2 Å². The van der Waals surface area contributed by atoms with Gasteiger partial charge in [0.15, 0.2) is 0 Å². The van der Waals surface area contributed by atoms with E-state index in [-0.39, 0.29) is 29.1 Å². The van der Waals surface area contributed by atoms with Gasteiger partial charge >= 0.3 is 0 Å². The molecule has 0 saturated heterocycles. The van der Waals surface area contributed by atoms with Gasteiger partial charge in [0.1, 0.15) is 10.6 Å². The second-order valence-corrected chi connectivity index (χ2v) is 9.35. The van der Waals surface area contributed by atoms with Gasteiger partial charge in [0.2, 0.25) is 15.9 Å². The van der Waals surface area contributed by atoms with Crippen LogP contribution in [0.3, 0.4) is 0 Å². The summed E-state index contributed by atoms with van der Waals surface area (Å²) in [5, 5.41) is 8.42. The van der Waals surface area contributed by atoms with Crippen molar-refractivity contribution in [3.8, 4) is 5.75 Å². The highest BCUT2D eigenvalue weighted by atomic mass is 32.2. The minimum atomic E-state index is -3.76. The zero-order valence-electron chi connectivity index (χ0n) is 18.2. The van der Waals surface area contributed by atoms with E-state index in [4.69, 9.17) is 4.74 Å². The monoisotopic (exact) mass is 448 g/mol. The fourth-order valence-electron chi connectivity index (χ4n) is 2.71. The molecule has 9 nitrogen and oxygen atoms in total. The van der Waals surface area contributed by atoms with Crippen LogP contribution < -0.4 is 20.7 Å². The van der Waals surface area contributed by atoms with E-state index in [9.17, 15) is 18.0 Å². The maximum atomic E-state index is 12.5. The van der Waals surface area contributed by atoms with Crippen LogP contribution in [0.15, 0.2) is 47.4 Å². The molecule has 0 fully saturated rings. The molecule has 0 bridgehead atoms. The number of nitrogens with zero attached hydrogens (tertiary/aromatic N) is 1. The van der Waals surface area contributed by atoms with Crippen LogP contribution in [0.2, 0.25) is 0 Å². The number of carbonyl (C=O) groups is 2. The van der Waals surface area contributed by atoms with E-state index < -0.39 is 15.9 Å². The lowest BCUT2D eigenvalue weighted by atomic mass is 10.1. The predicted molar refractivity (Wildman–Crippen MR) is 120 cm³/mol. The van der Waals surface area contributed by atoms with Crippen molar-refractivity contribution in [1.82, 2.24) is 9.62 Å². The Morgan fingerprint density at radius 2 is 1.77 bits per heavy atom. The number of benzene rings is 2. The molecule has 0 unspecified atom stereocenters. The Labute approximate surface area is 182 Å². The molecule has 0 aliphatic rings. The van der Waals surface area contributed by atoms with E-state index >= 15 is 0 Å². The summed E-state index contributed by atoms with van der Waals surface area (Å²) < 4.78 is 31.3. The van der Waals surface area contributed by atoms with Crippen molar-refractivity contribution in [2.45, 2.75) is 24.8 Å². The van der Waals surface area contributed by atoms with Crippen LogP contribution in [0.25, 0.3) is 0 Å². The number of hydrogen-bond acceptors (Lipinski definition) is 6. The number of nitrogens with one attached hydrogen (secondary N) is 3. The molecule has 0 saturated carbocycles. The first-order valence-corrected chi connectivity index (χ1v) is 11.0. The number of hydrogen-bond donors (Lipinski definition) is 3. The Balaban J connectivity index is 2.14. The molecule has 0 heterocycles. The molecule has 0 atom stereocenters. The Morgan fingerprint density at radius 1 is 1.10 bits per heavy atom. The highest BCUT2D eigenvalue weighted by Crippen LogP contribution is 2.28. The topological polar surface area (TPSA) is 117 Å². The normalized spacial score (nSPS) is 11.3. The van der Waals surface area contributed by atoms with Crippen molar-refractivity contribution in [3.05, 3.63) is 48.0 Å². The predicted octanol–water partition coefficient (Wildman–Crippen LogP) is 2.13. The molecule has 0 aliphatic heterocycles. The summed E-state index contributed by atoms with van der Waals surface area (Å²) in [6, 6.07) is 11.2. The van der Waals surface area contributed by atoms with E-state index in [1.807, 2.05) is 13.8 Å². The Hall–Kier alpha value is -3.11. The van der Waals surface area contributed by atoms with Gasteiger partial charge in [-0.25, -0.2) is 12.7 Å². The van der Waals surface area contributed by atoms with Crippen molar-refractivity contribution in [3.63, 3.8) is 0 Å². The smallest absolute Gasteiger partial charge is 0.253 e. The van der Waals surface area contributed by atoms with Crippen LogP contribution in [0.4, 0.5) is 11.4 Å². The first-order chi connectivity index (χ1) is 14.6. The first kappa shape index (κ1) is 24.2. The number of sulfonamides is 1. The van der Waals surface area contributed by atoms with Crippen LogP contribution in [0.1, 0.15) is 24.2 Å². The molecule has 31 heavy (non-hydrogen) atoms. The third kappa shape index (κ3) is 6.19. The summed E-state index contributed by atoms with van der Waals surface area (Å²) in [4.78, 5) is 24.7. The van der Waals surface area contributed by atoms with Gasteiger partial charge < -0.3 is 20.7 Å². The Morgan fingerprint density at radius 3 is 2.39 bits per heavy atom. The van der Waals surface area contributed by atoms with Crippen LogP contribution >= 0.6 is 0 Å². The molecule has 0 aromatic heterocycles. The molecule has 0 radical (unpaired) electrons. The minimum absolute atomic E-state index is 0.0217. The third-order valence-electron chi connectivity index (χ3n) is 4.24. The highest BCUT2D eigenvalue weighted by molar-refractivity contribution is 7.89. The average Bonchev–Trinajstić information content (AvgIpc) is 2.71. The molecule has 0 spiro atoms. The van der Waals surface area contributed by atoms with Crippen molar-refractivity contribution in [2.24, 2.45) is 0 Å². The van der Waals surface area contributed by atoms with Gasteiger partial charge in [-0.3, -0.25) is 9.59 Å². The van der Waals surface area contributed by atoms with Crippen LogP contribution in [-0.2, 0) is 14.8 Å². The van der Waals surface area contributed by atoms with Crippen LogP contribution in [0.5, 0.6) is 5.75 Å². The van der Waals surface area contributed by atoms with Gasteiger partial charge in [0, 0.05) is 31.5 Å². The first-order valence-electron chi connectivity index (χ1n) is 9.60. The molecular formula is C21H28N4O5S. The number of anilines is 2. The third-order valence-corrected chi connectivity index (χ3v) is 6.07. The second-order valence-electron chi connectivity index (χ2n) is 7.23. The van der Waals surface area contributed by atoms with Crippen molar-refractivity contribution in [1.29, 1.82) is 0 Å². The van der Waals surface area contributed by atoms with E-state index in [0.717, 1.165) is 4.31 Å². The van der Waals surface area contributed by atoms with E-state index in [1.54, 1.807) is 30.3 Å². The number of ether oxygens (including phenoxy) is 1. The van der Waals surface area contributed by atoms with Crippen LogP contribution in [-0.4, -0.2) is 58.3 Å². The number of methoxy groups -OCH3 is 1. The lowest BCUT2D eigenvalue weighted by Gasteiger charge is -2.16. The van der Waals surface area contributed by atoms with Gasteiger partial charge in [-0.15, -0.1) is 0 Å². The van der Waals surface area contributed by atoms with E-state index in [1.165, 1.54) is 33.3 Å². The molecule has 2 aromatic rings. The SMILES string of the molecule is COc1ccc(NC(=O)CNc2ccccc2C(=O)NC(C)C)cc1S(=O)(=O)N(C)C. The van der Waals surface area contributed by atoms with Crippen LogP contribution in [0, 0.1) is 0 Å². The molecule has 168 valence electrons. The summed E-state index contributed by atoms with van der Waals surface area (Å²) in [5.74, 6) is -0.473. The van der Waals surface area contributed by atoms with E-state index in [2.05, 4.69) is 16.0 Å². The standard InChI is InChI=1S/C21H28N4O5S/c1-14(2)23-21(27)16-8-6-7-9-17(16)22-13-20(26)24-15-10-11-18(30-5)19(12-15)31(28,29)25(3)4/h6-12,14,22H,13H2,1-5H3,(H,23,27)(H,24,26). The maximum absolute atomic E-state index is 12.5. The maximum Gasteiger partial charge on any atom is 0.253 e. The summed E-state index contributed by atoms with van der Waals surface area (Å²) in [5.41, 5.74) is 1.24. The molecule has 2 amide bonds. The van der Waals surface area contributed by atoms with Crippen molar-refractivity contribution >= 4 is 33.2 Å². The molecule has 10 heteroatoms. The summed E-state index contributed by atoms with van der Waals surface area (Å²) in [7, 11) is 0.440. The molecular weight excluding hydrogens is 420 g/mol. The lowest BCUT2D eigenvalue weighted by molar-refractivity contribution is -0.114. The fourth-order valence-corrected chi connectivity index (χ4v) is 3.78. The summed E-state index contributed by atoms with van der Waals surface area (Å²) in [6.45, 7) is 3.61. The Bertz CT molecular complexity index is 1050. The molecule has 2 rings (SSSR count).